The highest BCUT2D eigenvalue weighted by Gasteiger charge is 2.32. The summed E-state index contributed by atoms with van der Waals surface area (Å²) in [7, 11) is 0. The molecule has 0 fully saturated rings. The summed E-state index contributed by atoms with van der Waals surface area (Å²) in [5, 5.41) is 0. The second-order valence-electron chi connectivity index (χ2n) is 5.51. The smallest absolute Gasteiger partial charge is 0.194 e. The second kappa shape index (κ2) is 9.04. The zero-order valence-corrected chi connectivity index (χ0v) is 14.8. The van der Waals surface area contributed by atoms with Crippen molar-refractivity contribution >= 4 is 11.6 Å². The normalized spacial score (nSPS) is 20.8. The minimum Gasteiger partial charge on any atom is -0.289 e. The Balaban J connectivity index is 3.49. The van der Waals surface area contributed by atoms with Crippen molar-refractivity contribution in [3.63, 3.8) is 0 Å². The van der Waals surface area contributed by atoms with Gasteiger partial charge in [0.25, 0.3) is 0 Å². The van der Waals surface area contributed by atoms with Crippen LogP contribution in [0.2, 0.25) is 0 Å². The van der Waals surface area contributed by atoms with Crippen molar-refractivity contribution in [3.05, 3.63) is 70.4 Å². The Hall–Kier alpha value is -2.22. The van der Waals surface area contributed by atoms with Crippen LogP contribution in [-0.4, -0.2) is 11.6 Å². The highest BCUT2D eigenvalue weighted by Crippen LogP contribution is 2.31. The maximum absolute atomic E-state index is 12.9. The summed E-state index contributed by atoms with van der Waals surface area (Å²) in [6.45, 7) is 9.58. The number of carbonyl (C=O) groups is 2. The number of hydrogen-bond acceptors (Lipinski definition) is 2. The third-order valence-electron chi connectivity index (χ3n) is 3.89. The fourth-order valence-electron chi connectivity index (χ4n) is 2.38. The lowest BCUT2D eigenvalue weighted by atomic mass is 9.79. The van der Waals surface area contributed by atoms with E-state index in [2.05, 4.69) is 0 Å². The van der Waals surface area contributed by atoms with Crippen LogP contribution in [0.1, 0.15) is 47.5 Å². The van der Waals surface area contributed by atoms with Gasteiger partial charge >= 0.3 is 0 Å². The number of hydrogen-bond donors (Lipinski definition) is 0. The lowest BCUT2D eigenvalue weighted by Gasteiger charge is -2.21. The third-order valence-corrected chi connectivity index (χ3v) is 3.89. The fourth-order valence-corrected chi connectivity index (χ4v) is 2.38. The van der Waals surface area contributed by atoms with E-state index in [-0.39, 0.29) is 11.6 Å². The predicted octanol–water partition coefficient (Wildman–Crippen LogP) is 5.21. The first-order valence-electron chi connectivity index (χ1n) is 8.16. The number of carbonyl (C=O) groups excluding carboxylic acids is 2. The van der Waals surface area contributed by atoms with Crippen molar-refractivity contribution in [1.82, 2.24) is 0 Å². The first kappa shape index (κ1) is 18.8. The Labute approximate surface area is 139 Å². The molecule has 0 radical (unpaired) electrons. The van der Waals surface area contributed by atoms with Crippen LogP contribution in [0, 0.1) is 0 Å². The molecule has 1 aliphatic rings. The average molecular weight is 310 g/mol. The van der Waals surface area contributed by atoms with Crippen LogP contribution in [0.25, 0.3) is 0 Å². The van der Waals surface area contributed by atoms with Gasteiger partial charge in [0.2, 0.25) is 0 Å². The summed E-state index contributed by atoms with van der Waals surface area (Å²) >= 11 is 0. The van der Waals surface area contributed by atoms with Gasteiger partial charge in [0.15, 0.2) is 11.6 Å². The van der Waals surface area contributed by atoms with Gasteiger partial charge in [-0.1, -0.05) is 62.0 Å². The molecule has 23 heavy (non-hydrogen) atoms. The quantitative estimate of drug-likeness (QED) is 0.516. The standard InChI is InChI=1S/C21H26O2/c1-6-9-11-12-14-17-16(5)20(22)18(13-10-7-2)19(21(17)23)15(4)8-3/h7,9-14H,6,8H2,1-5H3/b10-7-,11-9+,14-12-,18-13+,19-15?. The molecule has 0 bridgehead atoms. The Kier molecular flexibility index (Phi) is 7.40. The van der Waals surface area contributed by atoms with Gasteiger partial charge in [0, 0.05) is 22.3 Å². The molecule has 122 valence electrons. The Morgan fingerprint density at radius 2 is 1.74 bits per heavy atom. The fraction of sp³-hybridized carbons (Fsp3) is 0.333. The molecule has 0 heterocycles. The highest BCUT2D eigenvalue weighted by atomic mass is 16.1. The second-order valence-corrected chi connectivity index (χ2v) is 5.51. The van der Waals surface area contributed by atoms with Crippen LogP contribution < -0.4 is 0 Å². The summed E-state index contributed by atoms with van der Waals surface area (Å²) < 4.78 is 0. The Morgan fingerprint density at radius 3 is 2.30 bits per heavy atom. The molecule has 0 amide bonds. The van der Waals surface area contributed by atoms with Gasteiger partial charge in [-0.25, -0.2) is 0 Å². The number of allylic oxidation sites excluding steroid dienone is 12. The summed E-state index contributed by atoms with van der Waals surface area (Å²) in [5.41, 5.74) is 3.02. The van der Waals surface area contributed by atoms with Gasteiger partial charge in [-0.2, -0.15) is 0 Å². The Morgan fingerprint density at radius 1 is 1.04 bits per heavy atom. The molecular weight excluding hydrogens is 284 g/mol. The van der Waals surface area contributed by atoms with E-state index in [0.717, 1.165) is 18.4 Å². The first-order valence-corrected chi connectivity index (χ1v) is 8.16. The maximum atomic E-state index is 12.9. The summed E-state index contributed by atoms with van der Waals surface area (Å²) in [5.74, 6) is -0.122. The molecule has 1 aliphatic carbocycles. The van der Waals surface area contributed by atoms with E-state index in [1.165, 1.54) is 0 Å². The van der Waals surface area contributed by atoms with Crippen molar-refractivity contribution in [1.29, 1.82) is 0 Å². The molecule has 1 rings (SSSR count). The van der Waals surface area contributed by atoms with Gasteiger partial charge in [-0.3, -0.25) is 9.59 Å². The molecule has 2 nitrogen and oxygen atoms in total. The SMILES string of the molecule is C/C=C\C=C1\C(=O)C(C)=C(/C=C\C=C\CC)C(=O)C1=C(C)CC. The highest BCUT2D eigenvalue weighted by molar-refractivity contribution is 6.30. The lowest BCUT2D eigenvalue weighted by Crippen LogP contribution is -2.24. The van der Waals surface area contributed by atoms with Gasteiger partial charge in [-0.15, -0.1) is 0 Å². The topological polar surface area (TPSA) is 34.1 Å². The number of Topliss-reactive ketones (excluding diaryl/α,β-unsaturated/α-hetero) is 2. The van der Waals surface area contributed by atoms with Gasteiger partial charge < -0.3 is 0 Å². The molecule has 0 atom stereocenters. The first-order chi connectivity index (χ1) is 11.0. The largest absolute Gasteiger partial charge is 0.289 e. The molecular formula is C21H26O2. The van der Waals surface area contributed by atoms with E-state index in [9.17, 15) is 9.59 Å². The van der Waals surface area contributed by atoms with E-state index in [4.69, 9.17) is 0 Å². The molecule has 0 saturated heterocycles. The Bertz CT molecular complexity index is 662. The van der Waals surface area contributed by atoms with Crippen molar-refractivity contribution in [2.24, 2.45) is 0 Å². The molecule has 0 N–H and O–H groups in total. The molecule has 0 aliphatic heterocycles. The molecule has 0 spiro atoms. The van der Waals surface area contributed by atoms with Crippen LogP contribution in [0.4, 0.5) is 0 Å². The van der Waals surface area contributed by atoms with Crippen molar-refractivity contribution in [2.75, 3.05) is 0 Å². The monoisotopic (exact) mass is 310 g/mol. The molecule has 0 aromatic rings. The van der Waals surface area contributed by atoms with Gasteiger partial charge in [0.1, 0.15) is 0 Å². The maximum Gasteiger partial charge on any atom is 0.194 e. The molecule has 0 saturated carbocycles. The number of rotatable bonds is 5. The van der Waals surface area contributed by atoms with E-state index in [1.54, 1.807) is 19.1 Å². The molecule has 0 aromatic carbocycles. The van der Waals surface area contributed by atoms with Crippen LogP contribution in [0.15, 0.2) is 70.4 Å². The summed E-state index contributed by atoms with van der Waals surface area (Å²) in [4.78, 5) is 25.6. The minimum absolute atomic E-state index is 0.0571. The zero-order valence-electron chi connectivity index (χ0n) is 14.8. The van der Waals surface area contributed by atoms with E-state index in [1.807, 2.05) is 58.1 Å². The van der Waals surface area contributed by atoms with Crippen molar-refractivity contribution < 1.29 is 9.59 Å². The van der Waals surface area contributed by atoms with Crippen LogP contribution in [0.5, 0.6) is 0 Å². The minimum atomic E-state index is -0.0652. The summed E-state index contributed by atoms with van der Waals surface area (Å²) in [6, 6.07) is 0. The average Bonchev–Trinajstić information content (AvgIpc) is 2.55. The van der Waals surface area contributed by atoms with E-state index in [0.29, 0.717) is 22.3 Å². The molecule has 0 aromatic heterocycles. The predicted molar refractivity (Wildman–Crippen MR) is 97.2 cm³/mol. The third kappa shape index (κ3) is 4.38. The number of ketones is 2. The molecule has 2 heteroatoms. The van der Waals surface area contributed by atoms with Crippen molar-refractivity contribution in [3.8, 4) is 0 Å². The van der Waals surface area contributed by atoms with Crippen molar-refractivity contribution in [2.45, 2.75) is 47.5 Å². The van der Waals surface area contributed by atoms with Crippen LogP contribution in [-0.2, 0) is 9.59 Å². The van der Waals surface area contributed by atoms with E-state index >= 15 is 0 Å². The van der Waals surface area contributed by atoms with Gasteiger partial charge in [0.05, 0.1) is 0 Å². The van der Waals surface area contributed by atoms with Gasteiger partial charge in [-0.05, 0) is 33.6 Å². The van der Waals surface area contributed by atoms with Crippen LogP contribution in [0.3, 0.4) is 0 Å². The van der Waals surface area contributed by atoms with E-state index < -0.39 is 0 Å². The summed E-state index contributed by atoms with van der Waals surface area (Å²) in [6.07, 6.45) is 14.6. The van der Waals surface area contributed by atoms with Crippen LogP contribution >= 0.6 is 0 Å². The zero-order chi connectivity index (χ0) is 17.4. The molecule has 0 unspecified atom stereocenters. The lowest BCUT2D eigenvalue weighted by molar-refractivity contribution is -0.116.